The van der Waals surface area contributed by atoms with Gasteiger partial charge in [0.15, 0.2) is 0 Å². The van der Waals surface area contributed by atoms with Crippen LogP contribution in [-0.4, -0.2) is 50.0 Å². The summed E-state index contributed by atoms with van der Waals surface area (Å²) in [5.41, 5.74) is 1.23. The molecule has 3 N–H and O–H groups in total. The average Bonchev–Trinajstić information content (AvgIpc) is 3.26. The summed E-state index contributed by atoms with van der Waals surface area (Å²) in [6, 6.07) is 9.99. The van der Waals surface area contributed by atoms with E-state index in [0.29, 0.717) is 24.3 Å². The third-order valence-corrected chi connectivity index (χ3v) is 4.84. The number of anilines is 2. The number of carbonyl (C=O) groups is 2. The molecule has 0 spiro atoms. The first kappa shape index (κ1) is 20.6. The van der Waals surface area contributed by atoms with Crippen molar-refractivity contribution in [2.45, 2.75) is 19.3 Å². The number of carbonyl (C=O) groups excluding carboxylic acids is 2. The molecule has 1 saturated heterocycles. The van der Waals surface area contributed by atoms with Crippen LogP contribution in [0.4, 0.5) is 16.0 Å². The Morgan fingerprint density at radius 2 is 1.97 bits per heavy atom. The van der Waals surface area contributed by atoms with Gasteiger partial charge in [-0.25, -0.2) is 9.37 Å². The number of rotatable bonds is 8. The van der Waals surface area contributed by atoms with E-state index in [9.17, 15) is 14.0 Å². The van der Waals surface area contributed by atoms with Gasteiger partial charge < -0.3 is 20.9 Å². The number of hydrogen-bond acceptors (Lipinski definition) is 5. The fraction of sp³-hybridized carbons (Fsp3) is 0.381. The minimum atomic E-state index is -0.373. The number of nitrogens with zero attached hydrogens (tertiary/aromatic N) is 2. The molecule has 2 heterocycles. The molecule has 1 aliphatic heterocycles. The van der Waals surface area contributed by atoms with E-state index in [1.807, 2.05) is 12.1 Å². The molecular formula is C21H26FN5O2. The summed E-state index contributed by atoms with van der Waals surface area (Å²) in [6.45, 7) is 2.28. The van der Waals surface area contributed by atoms with Crippen LogP contribution >= 0.6 is 0 Å². The van der Waals surface area contributed by atoms with Crippen molar-refractivity contribution in [2.24, 2.45) is 0 Å². The quantitative estimate of drug-likeness (QED) is 0.632. The molecule has 2 amide bonds. The summed E-state index contributed by atoms with van der Waals surface area (Å²) >= 11 is 0. The third-order valence-electron chi connectivity index (χ3n) is 4.84. The monoisotopic (exact) mass is 399 g/mol. The second kappa shape index (κ2) is 9.86. The standard InChI is InChI=1S/C21H26FN5O2/c1-23-19(28)14-25-21(29)17-7-8-18(27-11-2-3-12-27)26-20(17)24-10-9-15-5-4-6-16(22)13-15/h4-8,13H,2-3,9-12,14H2,1H3,(H,23,28)(H,24,26)(H,25,29). The van der Waals surface area contributed by atoms with E-state index >= 15 is 0 Å². The third kappa shape index (κ3) is 5.66. The maximum atomic E-state index is 13.4. The van der Waals surface area contributed by atoms with Crippen molar-refractivity contribution in [1.82, 2.24) is 15.6 Å². The molecule has 29 heavy (non-hydrogen) atoms. The van der Waals surface area contributed by atoms with Crippen LogP contribution in [0.25, 0.3) is 0 Å². The fourth-order valence-corrected chi connectivity index (χ4v) is 3.25. The Morgan fingerprint density at radius 1 is 1.17 bits per heavy atom. The van der Waals surface area contributed by atoms with Crippen molar-refractivity contribution >= 4 is 23.5 Å². The Hall–Kier alpha value is -3.16. The Labute approximate surface area is 169 Å². The Kier molecular flexibility index (Phi) is 6.99. The molecule has 1 aromatic heterocycles. The zero-order chi connectivity index (χ0) is 20.6. The molecule has 0 atom stereocenters. The molecule has 0 radical (unpaired) electrons. The largest absolute Gasteiger partial charge is 0.369 e. The number of halogens is 1. The first-order valence-electron chi connectivity index (χ1n) is 9.80. The number of hydrogen-bond donors (Lipinski definition) is 3. The Morgan fingerprint density at radius 3 is 2.69 bits per heavy atom. The zero-order valence-electron chi connectivity index (χ0n) is 16.5. The van der Waals surface area contributed by atoms with E-state index in [4.69, 9.17) is 0 Å². The van der Waals surface area contributed by atoms with Gasteiger partial charge in [0.05, 0.1) is 12.1 Å². The highest BCUT2D eigenvalue weighted by atomic mass is 19.1. The Balaban J connectivity index is 1.73. The molecule has 3 rings (SSSR count). The van der Waals surface area contributed by atoms with Crippen LogP contribution in [0.1, 0.15) is 28.8 Å². The topological polar surface area (TPSA) is 86.4 Å². The minimum Gasteiger partial charge on any atom is -0.369 e. The predicted molar refractivity (Wildman–Crippen MR) is 111 cm³/mol. The van der Waals surface area contributed by atoms with Gasteiger partial charge in [0.2, 0.25) is 5.91 Å². The number of nitrogens with one attached hydrogen (secondary N) is 3. The molecule has 0 bridgehead atoms. The van der Waals surface area contributed by atoms with Gasteiger partial charge in [-0.05, 0) is 49.1 Å². The van der Waals surface area contributed by atoms with Crippen molar-refractivity contribution in [3.8, 4) is 0 Å². The smallest absolute Gasteiger partial charge is 0.255 e. The van der Waals surface area contributed by atoms with Gasteiger partial charge in [-0.1, -0.05) is 12.1 Å². The van der Waals surface area contributed by atoms with E-state index in [0.717, 1.165) is 37.3 Å². The molecule has 1 aromatic carbocycles. The van der Waals surface area contributed by atoms with Crippen LogP contribution in [0.15, 0.2) is 36.4 Å². The summed E-state index contributed by atoms with van der Waals surface area (Å²) < 4.78 is 13.4. The van der Waals surface area contributed by atoms with E-state index in [-0.39, 0.29) is 24.2 Å². The molecular weight excluding hydrogens is 373 g/mol. The summed E-state index contributed by atoms with van der Waals surface area (Å²) in [6.07, 6.45) is 2.84. The van der Waals surface area contributed by atoms with Crippen LogP contribution < -0.4 is 20.9 Å². The maximum Gasteiger partial charge on any atom is 0.255 e. The lowest BCUT2D eigenvalue weighted by Gasteiger charge is -2.19. The van der Waals surface area contributed by atoms with E-state index in [2.05, 4.69) is 25.8 Å². The van der Waals surface area contributed by atoms with Crippen LogP contribution in [0, 0.1) is 5.82 Å². The van der Waals surface area contributed by atoms with Crippen molar-refractivity contribution in [2.75, 3.05) is 43.4 Å². The average molecular weight is 399 g/mol. The molecule has 7 nitrogen and oxygen atoms in total. The van der Waals surface area contributed by atoms with Crippen molar-refractivity contribution in [3.63, 3.8) is 0 Å². The van der Waals surface area contributed by atoms with Gasteiger partial charge in [0.25, 0.3) is 5.91 Å². The molecule has 0 aliphatic carbocycles. The number of amides is 2. The number of likely N-dealkylation sites (N-methyl/N-ethyl adjacent to an activating group) is 1. The molecule has 8 heteroatoms. The Bertz CT molecular complexity index is 868. The van der Waals surface area contributed by atoms with E-state index in [1.54, 1.807) is 12.1 Å². The summed E-state index contributed by atoms with van der Waals surface area (Å²) in [5.74, 6) is 0.354. The highest BCUT2D eigenvalue weighted by molar-refractivity contribution is 6.00. The van der Waals surface area contributed by atoms with Gasteiger partial charge in [-0.2, -0.15) is 0 Å². The molecule has 0 unspecified atom stereocenters. The zero-order valence-corrected chi connectivity index (χ0v) is 16.5. The lowest BCUT2D eigenvalue weighted by atomic mass is 10.1. The molecule has 0 saturated carbocycles. The van der Waals surface area contributed by atoms with E-state index < -0.39 is 0 Å². The van der Waals surface area contributed by atoms with E-state index in [1.165, 1.54) is 19.2 Å². The number of pyridine rings is 1. The summed E-state index contributed by atoms with van der Waals surface area (Å²) in [7, 11) is 1.51. The van der Waals surface area contributed by atoms with Crippen molar-refractivity contribution in [3.05, 3.63) is 53.3 Å². The van der Waals surface area contributed by atoms with Gasteiger partial charge in [-0.3, -0.25) is 9.59 Å². The lowest BCUT2D eigenvalue weighted by Crippen LogP contribution is -2.35. The predicted octanol–water partition coefficient (Wildman–Crippen LogP) is 1.95. The van der Waals surface area contributed by atoms with Crippen LogP contribution in [0.2, 0.25) is 0 Å². The van der Waals surface area contributed by atoms with Gasteiger partial charge in [0, 0.05) is 26.7 Å². The second-order valence-electron chi connectivity index (χ2n) is 6.92. The fourth-order valence-electron chi connectivity index (χ4n) is 3.25. The van der Waals surface area contributed by atoms with Gasteiger partial charge >= 0.3 is 0 Å². The van der Waals surface area contributed by atoms with Crippen LogP contribution in [-0.2, 0) is 11.2 Å². The summed E-state index contributed by atoms with van der Waals surface area (Å²) in [4.78, 5) is 30.8. The number of aromatic nitrogens is 1. The number of benzene rings is 1. The first-order chi connectivity index (χ1) is 14.1. The van der Waals surface area contributed by atoms with Crippen LogP contribution in [0.3, 0.4) is 0 Å². The molecule has 154 valence electrons. The van der Waals surface area contributed by atoms with Crippen LogP contribution in [0.5, 0.6) is 0 Å². The maximum absolute atomic E-state index is 13.4. The van der Waals surface area contributed by atoms with Crippen molar-refractivity contribution in [1.29, 1.82) is 0 Å². The highest BCUT2D eigenvalue weighted by Gasteiger charge is 2.18. The van der Waals surface area contributed by atoms with Gasteiger partial charge in [-0.15, -0.1) is 0 Å². The first-order valence-corrected chi connectivity index (χ1v) is 9.80. The van der Waals surface area contributed by atoms with Crippen molar-refractivity contribution < 1.29 is 14.0 Å². The minimum absolute atomic E-state index is 0.105. The molecule has 2 aromatic rings. The lowest BCUT2D eigenvalue weighted by molar-refractivity contribution is -0.119. The summed E-state index contributed by atoms with van der Waals surface area (Å²) in [5, 5.41) is 8.27. The SMILES string of the molecule is CNC(=O)CNC(=O)c1ccc(N2CCCC2)nc1NCCc1cccc(F)c1. The normalized spacial score (nSPS) is 13.2. The highest BCUT2D eigenvalue weighted by Crippen LogP contribution is 2.23. The van der Waals surface area contributed by atoms with Gasteiger partial charge in [0.1, 0.15) is 17.5 Å². The second-order valence-corrected chi connectivity index (χ2v) is 6.92. The molecule has 1 aliphatic rings. The molecule has 1 fully saturated rings.